The number of nitriles is 1. The fourth-order valence-corrected chi connectivity index (χ4v) is 3.15. The highest BCUT2D eigenvalue weighted by atomic mass is 16.6. The van der Waals surface area contributed by atoms with Crippen LogP contribution in [-0.4, -0.2) is 32.3 Å². The average Bonchev–Trinajstić information content (AvgIpc) is 2.87. The van der Waals surface area contributed by atoms with Gasteiger partial charge in [0.05, 0.1) is 13.7 Å². The lowest BCUT2D eigenvalue weighted by Gasteiger charge is -2.11. The molecule has 0 aliphatic rings. The predicted octanol–water partition coefficient (Wildman–Crippen LogP) is 5.13. The van der Waals surface area contributed by atoms with Gasteiger partial charge in [0.15, 0.2) is 18.1 Å². The highest BCUT2D eigenvalue weighted by Crippen LogP contribution is 2.29. The summed E-state index contributed by atoms with van der Waals surface area (Å²) in [5.74, 6) is -0.349. The van der Waals surface area contributed by atoms with Crippen molar-refractivity contribution >= 4 is 18.0 Å². The molecule has 0 spiro atoms. The smallest absolute Gasteiger partial charge is 0.349 e. The van der Waals surface area contributed by atoms with E-state index in [0.29, 0.717) is 11.3 Å². The number of nitrogens with zero attached hydrogens (tertiary/aromatic N) is 1. The minimum absolute atomic E-state index is 0.152. The molecule has 0 atom stereocenters. The minimum atomic E-state index is -0.714. The first-order chi connectivity index (χ1) is 16.9. The lowest BCUT2D eigenvalue weighted by Crippen LogP contribution is -2.18. The minimum Gasteiger partial charge on any atom is -0.493 e. The Hall–Kier alpha value is -4.57. The zero-order valence-electron chi connectivity index (χ0n) is 19.7. The van der Waals surface area contributed by atoms with Crippen molar-refractivity contribution in [2.45, 2.75) is 13.8 Å². The lowest BCUT2D eigenvalue weighted by atomic mass is 10.0. The van der Waals surface area contributed by atoms with Crippen molar-refractivity contribution in [1.82, 2.24) is 0 Å². The fraction of sp³-hybridized carbons (Fsp3) is 0.179. The second-order valence-electron chi connectivity index (χ2n) is 7.45. The third-order valence-electron chi connectivity index (χ3n) is 4.93. The third-order valence-corrected chi connectivity index (χ3v) is 4.93. The van der Waals surface area contributed by atoms with Gasteiger partial charge in [-0.05, 0) is 60.9 Å². The van der Waals surface area contributed by atoms with Crippen LogP contribution in [0.1, 0.15) is 18.1 Å². The van der Waals surface area contributed by atoms with Crippen LogP contribution in [-0.2, 0) is 14.3 Å². The summed E-state index contributed by atoms with van der Waals surface area (Å²) in [6.07, 6.45) is 1.37. The van der Waals surface area contributed by atoms with Crippen LogP contribution in [0.15, 0.2) is 72.3 Å². The summed E-state index contributed by atoms with van der Waals surface area (Å²) in [6, 6.07) is 22.1. The molecule has 0 radical (unpaired) electrons. The molecule has 0 saturated heterocycles. The molecule has 0 fully saturated rings. The second kappa shape index (κ2) is 12.1. The molecule has 0 saturated carbocycles. The second-order valence-corrected chi connectivity index (χ2v) is 7.45. The van der Waals surface area contributed by atoms with Crippen LogP contribution >= 0.6 is 0 Å². The van der Waals surface area contributed by atoms with Crippen LogP contribution in [0.3, 0.4) is 0 Å². The molecule has 3 aromatic rings. The van der Waals surface area contributed by atoms with Gasteiger partial charge >= 0.3 is 11.9 Å². The molecule has 0 unspecified atom stereocenters. The number of benzene rings is 3. The summed E-state index contributed by atoms with van der Waals surface area (Å²) in [4.78, 5) is 24.1. The van der Waals surface area contributed by atoms with Gasteiger partial charge in [0.25, 0.3) is 0 Å². The molecule has 0 amide bonds. The van der Waals surface area contributed by atoms with Gasteiger partial charge < -0.3 is 18.9 Å². The van der Waals surface area contributed by atoms with Crippen molar-refractivity contribution in [3.8, 4) is 34.4 Å². The maximum atomic E-state index is 12.3. The van der Waals surface area contributed by atoms with Crippen molar-refractivity contribution < 1.29 is 28.5 Å². The monoisotopic (exact) mass is 471 g/mol. The lowest BCUT2D eigenvalue weighted by molar-refractivity contribution is -0.138. The van der Waals surface area contributed by atoms with E-state index in [0.717, 1.165) is 11.1 Å². The highest BCUT2D eigenvalue weighted by Gasteiger charge is 2.14. The number of carbonyl (C=O) groups excluding carboxylic acids is 2. The number of aryl methyl sites for hydroxylation is 1. The van der Waals surface area contributed by atoms with Gasteiger partial charge in [-0.3, -0.25) is 0 Å². The first-order valence-corrected chi connectivity index (χ1v) is 10.9. The number of ether oxygens (including phenoxy) is 4. The van der Waals surface area contributed by atoms with Crippen molar-refractivity contribution in [3.05, 3.63) is 83.4 Å². The van der Waals surface area contributed by atoms with E-state index in [4.69, 9.17) is 18.9 Å². The van der Waals surface area contributed by atoms with E-state index in [9.17, 15) is 14.9 Å². The quantitative estimate of drug-likeness (QED) is 0.185. The number of hydrogen-bond donors (Lipinski definition) is 0. The zero-order valence-corrected chi connectivity index (χ0v) is 19.7. The number of carbonyl (C=O) groups is 2. The summed E-state index contributed by atoms with van der Waals surface area (Å²) >= 11 is 0. The fourth-order valence-electron chi connectivity index (χ4n) is 3.15. The number of hydrogen-bond acceptors (Lipinski definition) is 7. The summed E-state index contributed by atoms with van der Waals surface area (Å²) in [5, 5.41) is 9.19. The van der Waals surface area contributed by atoms with Crippen LogP contribution in [0.5, 0.6) is 17.2 Å². The van der Waals surface area contributed by atoms with E-state index in [1.165, 1.54) is 24.8 Å². The molecule has 0 N–H and O–H groups in total. The van der Waals surface area contributed by atoms with E-state index in [1.54, 1.807) is 31.2 Å². The van der Waals surface area contributed by atoms with Crippen molar-refractivity contribution in [2.75, 3.05) is 20.3 Å². The predicted molar refractivity (Wildman–Crippen MR) is 131 cm³/mol. The van der Waals surface area contributed by atoms with Crippen molar-refractivity contribution in [1.29, 1.82) is 5.26 Å². The van der Waals surface area contributed by atoms with Gasteiger partial charge in [-0.2, -0.15) is 5.26 Å². The molecule has 0 heterocycles. The maximum Gasteiger partial charge on any atom is 0.349 e. The van der Waals surface area contributed by atoms with Gasteiger partial charge in [0.2, 0.25) is 0 Å². The van der Waals surface area contributed by atoms with Crippen LogP contribution in [0.2, 0.25) is 0 Å². The van der Waals surface area contributed by atoms with Crippen LogP contribution in [0.25, 0.3) is 17.2 Å². The van der Waals surface area contributed by atoms with E-state index in [-0.39, 0.29) is 30.3 Å². The summed E-state index contributed by atoms with van der Waals surface area (Å²) in [5.41, 5.74) is 3.69. The molecule has 7 heteroatoms. The van der Waals surface area contributed by atoms with E-state index in [2.05, 4.69) is 24.3 Å². The Balaban J connectivity index is 1.62. The van der Waals surface area contributed by atoms with E-state index < -0.39 is 11.9 Å². The van der Waals surface area contributed by atoms with Crippen molar-refractivity contribution in [3.63, 3.8) is 0 Å². The van der Waals surface area contributed by atoms with Crippen molar-refractivity contribution in [2.24, 2.45) is 0 Å². The van der Waals surface area contributed by atoms with E-state index in [1.807, 2.05) is 25.1 Å². The van der Waals surface area contributed by atoms with Gasteiger partial charge in [-0.1, -0.05) is 48.0 Å². The first kappa shape index (κ1) is 25.1. The van der Waals surface area contributed by atoms with Gasteiger partial charge in [-0.15, -0.1) is 0 Å². The van der Waals surface area contributed by atoms with Crippen LogP contribution in [0, 0.1) is 18.3 Å². The average molecular weight is 472 g/mol. The zero-order chi connectivity index (χ0) is 25.2. The summed E-state index contributed by atoms with van der Waals surface area (Å²) in [6.45, 7) is 3.56. The number of rotatable bonds is 9. The Morgan fingerprint density at radius 1 is 0.943 bits per heavy atom. The number of methoxy groups -OCH3 is 1. The molecule has 7 nitrogen and oxygen atoms in total. The normalized spacial score (nSPS) is 10.7. The van der Waals surface area contributed by atoms with Gasteiger partial charge in [-0.25, -0.2) is 9.59 Å². The van der Waals surface area contributed by atoms with E-state index >= 15 is 0 Å². The molecule has 178 valence electrons. The van der Waals surface area contributed by atoms with Gasteiger partial charge in [0, 0.05) is 0 Å². The highest BCUT2D eigenvalue weighted by molar-refractivity contribution is 5.98. The number of esters is 2. The molecule has 3 rings (SSSR count). The molecular formula is C28H25NO6. The van der Waals surface area contributed by atoms with Crippen LogP contribution in [0.4, 0.5) is 0 Å². The molecular weight excluding hydrogens is 446 g/mol. The Bertz CT molecular complexity index is 1250. The molecule has 35 heavy (non-hydrogen) atoms. The molecule has 0 aliphatic heterocycles. The summed E-state index contributed by atoms with van der Waals surface area (Å²) < 4.78 is 21.1. The maximum absolute atomic E-state index is 12.3. The Morgan fingerprint density at radius 3 is 2.20 bits per heavy atom. The largest absolute Gasteiger partial charge is 0.493 e. The van der Waals surface area contributed by atoms with Crippen LogP contribution < -0.4 is 14.2 Å². The standard InChI is InChI=1S/C28H25NO6/c1-4-33-28(31)23(17-29)15-20-7-14-25(26(16-20)32-3)35-27(30)18-34-24-12-10-22(11-13-24)21-8-5-19(2)6-9-21/h5-16H,4,18H2,1-3H3/b23-15+. The SMILES string of the molecule is CCOC(=O)/C(C#N)=C/c1ccc(OC(=O)COc2ccc(-c3ccc(C)cc3)cc2)c(OC)c1. The molecule has 3 aromatic carbocycles. The Labute approximate surface area is 204 Å². The van der Waals surface area contributed by atoms with Gasteiger partial charge in [0.1, 0.15) is 17.4 Å². The topological polar surface area (TPSA) is 94.9 Å². The molecule has 0 bridgehead atoms. The summed E-state index contributed by atoms with van der Waals surface area (Å²) in [7, 11) is 1.42. The Morgan fingerprint density at radius 2 is 1.60 bits per heavy atom. The molecule has 0 aliphatic carbocycles. The first-order valence-electron chi connectivity index (χ1n) is 10.9. The third kappa shape index (κ3) is 6.95. The molecule has 0 aromatic heterocycles. The Kier molecular flexibility index (Phi) is 8.63.